The fraction of sp³-hybridized carbons (Fsp3) is 0.467. The van der Waals surface area contributed by atoms with E-state index >= 15 is 0 Å². The zero-order valence-corrected chi connectivity index (χ0v) is 13.6. The number of furan rings is 1. The van der Waals surface area contributed by atoms with Crippen molar-refractivity contribution < 1.29 is 13.9 Å². The van der Waals surface area contributed by atoms with Gasteiger partial charge >= 0.3 is 0 Å². The van der Waals surface area contributed by atoms with Crippen molar-refractivity contribution in [1.29, 1.82) is 0 Å². The monoisotopic (exact) mass is 317 g/mol. The van der Waals surface area contributed by atoms with Gasteiger partial charge in [0.15, 0.2) is 11.5 Å². The van der Waals surface area contributed by atoms with E-state index in [0.29, 0.717) is 23.8 Å². The van der Waals surface area contributed by atoms with Crippen molar-refractivity contribution in [3.63, 3.8) is 0 Å². The Morgan fingerprint density at radius 3 is 3.00 bits per heavy atom. The van der Waals surface area contributed by atoms with Gasteiger partial charge in [-0.1, -0.05) is 0 Å². The Morgan fingerprint density at radius 2 is 2.26 bits per heavy atom. The van der Waals surface area contributed by atoms with Crippen LogP contribution in [0.2, 0.25) is 0 Å². The molecule has 0 spiro atoms. The molecule has 0 aliphatic rings. The van der Waals surface area contributed by atoms with Gasteiger partial charge in [-0.3, -0.25) is 4.79 Å². The van der Waals surface area contributed by atoms with Gasteiger partial charge in [0.1, 0.15) is 18.7 Å². The SMILES string of the molecule is CCOCC(=O)NC(C)c1nc2c3c(C)c(C)oc3ncn2n1. The summed E-state index contributed by atoms with van der Waals surface area (Å²) >= 11 is 0. The molecule has 0 saturated carbocycles. The smallest absolute Gasteiger partial charge is 0.246 e. The highest BCUT2D eigenvalue weighted by atomic mass is 16.5. The van der Waals surface area contributed by atoms with Crippen molar-refractivity contribution in [3.05, 3.63) is 23.5 Å². The van der Waals surface area contributed by atoms with E-state index in [0.717, 1.165) is 16.7 Å². The van der Waals surface area contributed by atoms with Crippen molar-refractivity contribution in [2.45, 2.75) is 33.7 Å². The van der Waals surface area contributed by atoms with E-state index in [1.165, 1.54) is 0 Å². The third-order valence-corrected chi connectivity index (χ3v) is 3.72. The average Bonchev–Trinajstić information content (AvgIpc) is 3.07. The maximum absolute atomic E-state index is 11.7. The lowest BCUT2D eigenvalue weighted by molar-refractivity contribution is -0.126. The molecule has 3 rings (SSSR count). The summed E-state index contributed by atoms with van der Waals surface area (Å²) in [5, 5.41) is 8.05. The number of amides is 1. The quantitative estimate of drug-likeness (QED) is 0.769. The number of fused-ring (bicyclic) bond motifs is 3. The zero-order chi connectivity index (χ0) is 16.6. The summed E-state index contributed by atoms with van der Waals surface area (Å²) in [4.78, 5) is 20.5. The maximum Gasteiger partial charge on any atom is 0.246 e. The van der Waals surface area contributed by atoms with Gasteiger partial charge in [0.05, 0.1) is 11.4 Å². The summed E-state index contributed by atoms with van der Waals surface area (Å²) < 4.78 is 12.3. The summed E-state index contributed by atoms with van der Waals surface area (Å²) in [6.07, 6.45) is 1.56. The summed E-state index contributed by atoms with van der Waals surface area (Å²) in [5.74, 6) is 1.13. The molecule has 0 aliphatic heterocycles. The lowest BCUT2D eigenvalue weighted by Crippen LogP contribution is -2.30. The van der Waals surface area contributed by atoms with Gasteiger partial charge in [0, 0.05) is 12.2 Å². The highest BCUT2D eigenvalue weighted by Gasteiger charge is 2.19. The second-order valence-corrected chi connectivity index (χ2v) is 5.37. The number of nitrogens with zero attached hydrogens (tertiary/aromatic N) is 4. The molecule has 1 N–H and O–H groups in total. The molecule has 122 valence electrons. The highest BCUT2D eigenvalue weighted by Crippen LogP contribution is 2.26. The van der Waals surface area contributed by atoms with Gasteiger partial charge in [-0.25, -0.2) is 14.5 Å². The Morgan fingerprint density at radius 1 is 1.48 bits per heavy atom. The first kappa shape index (κ1) is 15.4. The van der Waals surface area contributed by atoms with Crippen molar-refractivity contribution in [2.75, 3.05) is 13.2 Å². The predicted molar refractivity (Wildman–Crippen MR) is 83.1 cm³/mol. The largest absolute Gasteiger partial charge is 0.443 e. The highest BCUT2D eigenvalue weighted by molar-refractivity contribution is 5.91. The first-order valence-electron chi connectivity index (χ1n) is 7.49. The van der Waals surface area contributed by atoms with Crippen LogP contribution in [0.5, 0.6) is 0 Å². The van der Waals surface area contributed by atoms with Gasteiger partial charge in [0.2, 0.25) is 11.6 Å². The third-order valence-electron chi connectivity index (χ3n) is 3.72. The minimum atomic E-state index is -0.328. The van der Waals surface area contributed by atoms with E-state index in [-0.39, 0.29) is 18.6 Å². The molecule has 1 atom stereocenters. The summed E-state index contributed by atoms with van der Waals surface area (Å²) in [6, 6.07) is -0.328. The fourth-order valence-electron chi connectivity index (χ4n) is 2.39. The molecule has 3 heterocycles. The first-order valence-corrected chi connectivity index (χ1v) is 7.49. The van der Waals surface area contributed by atoms with E-state index in [2.05, 4.69) is 20.4 Å². The van der Waals surface area contributed by atoms with Crippen LogP contribution in [-0.4, -0.2) is 38.7 Å². The number of nitrogens with one attached hydrogen (secondary N) is 1. The minimum absolute atomic E-state index is 0.0278. The third kappa shape index (κ3) is 2.77. The van der Waals surface area contributed by atoms with Crippen molar-refractivity contribution in [3.8, 4) is 0 Å². The molecule has 8 nitrogen and oxygen atoms in total. The minimum Gasteiger partial charge on any atom is -0.443 e. The van der Waals surface area contributed by atoms with Gasteiger partial charge in [-0.05, 0) is 27.7 Å². The first-order chi connectivity index (χ1) is 11.0. The summed E-state index contributed by atoms with van der Waals surface area (Å²) in [6.45, 7) is 8.05. The second kappa shape index (κ2) is 5.96. The standard InChI is InChI=1S/C15H19N5O3/c1-5-22-6-11(21)17-9(3)13-18-14-12-8(2)10(4)23-15(12)16-7-20(14)19-13/h7,9H,5-6H2,1-4H3,(H,17,21). The van der Waals surface area contributed by atoms with Crippen molar-refractivity contribution in [1.82, 2.24) is 24.9 Å². The number of aromatic nitrogens is 4. The van der Waals surface area contributed by atoms with Crippen LogP contribution in [0.1, 0.15) is 37.0 Å². The van der Waals surface area contributed by atoms with Gasteiger partial charge in [-0.15, -0.1) is 5.10 Å². The molecule has 0 radical (unpaired) electrons. The molecule has 3 aromatic rings. The number of rotatable bonds is 5. The molecular weight excluding hydrogens is 298 g/mol. The summed E-state index contributed by atoms with van der Waals surface area (Å²) in [5.41, 5.74) is 2.20. The summed E-state index contributed by atoms with van der Waals surface area (Å²) in [7, 11) is 0. The Balaban J connectivity index is 1.93. The van der Waals surface area contributed by atoms with Crippen LogP contribution in [0.25, 0.3) is 16.7 Å². The average molecular weight is 317 g/mol. The van der Waals surface area contributed by atoms with Gasteiger partial charge in [0.25, 0.3) is 0 Å². The fourth-order valence-corrected chi connectivity index (χ4v) is 2.39. The van der Waals surface area contributed by atoms with Crippen LogP contribution in [0, 0.1) is 13.8 Å². The Bertz CT molecular complexity index is 867. The lowest BCUT2D eigenvalue weighted by Gasteiger charge is -2.09. The number of hydrogen-bond donors (Lipinski definition) is 1. The molecule has 1 unspecified atom stereocenters. The molecule has 0 aliphatic carbocycles. The maximum atomic E-state index is 11.7. The normalized spacial score (nSPS) is 12.9. The van der Waals surface area contributed by atoms with E-state index in [1.54, 1.807) is 10.8 Å². The number of ether oxygens (including phenoxy) is 1. The van der Waals surface area contributed by atoms with Crippen LogP contribution >= 0.6 is 0 Å². The molecule has 0 aromatic carbocycles. The Labute approximate surface area is 132 Å². The van der Waals surface area contributed by atoms with Crippen LogP contribution in [0.3, 0.4) is 0 Å². The molecule has 3 aromatic heterocycles. The number of carbonyl (C=O) groups excluding carboxylic acids is 1. The molecule has 8 heteroatoms. The number of hydrogen-bond acceptors (Lipinski definition) is 6. The van der Waals surface area contributed by atoms with E-state index in [1.807, 2.05) is 27.7 Å². The van der Waals surface area contributed by atoms with E-state index in [4.69, 9.17) is 9.15 Å². The zero-order valence-electron chi connectivity index (χ0n) is 13.6. The topological polar surface area (TPSA) is 94.5 Å². The van der Waals surface area contributed by atoms with Gasteiger partial charge in [-0.2, -0.15) is 0 Å². The molecular formula is C15H19N5O3. The van der Waals surface area contributed by atoms with Crippen LogP contribution in [0.15, 0.2) is 10.7 Å². The van der Waals surface area contributed by atoms with Gasteiger partial charge < -0.3 is 14.5 Å². The van der Waals surface area contributed by atoms with Crippen LogP contribution in [0.4, 0.5) is 0 Å². The van der Waals surface area contributed by atoms with Crippen molar-refractivity contribution >= 4 is 22.7 Å². The number of aryl methyl sites for hydroxylation is 2. The van der Waals surface area contributed by atoms with E-state index in [9.17, 15) is 4.79 Å². The lowest BCUT2D eigenvalue weighted by atomic mass is 10.2. The van der Waals surface area contributed by atoms with Crippen LogP contribution < -0.4 is 5.32 Å². The molecule has 0 fully saturated rings. The molecule has 0 bridgehead atoms. The molecule has 23 heavy (non-hydrogen) atoms. The molecule has 0 saturated heterocycles. The van der Waals surface area contributed by atoms with E-state index < -0.39 is 0 Å². The predicted octanol–water partition coefficient (Wildman–Crippen LogP) is 1.70. The second-order valence-electron chi connectivity index (χ2n) is 5.37. The molecule has 1 amide bonds. The Kier molecular flexibility index (Phi) is 3.99. The van der Waals surface area contributed by atoms with Crippen molar-refractivity contribution in [2.24, 2.45) is 0 Å². The Hall–Kier alpha value is -2.48. The van der Waals surface area contributed by atoms with Crippen LogP contribution in [-0.2, 0) is 9.53 Å². The number of carbonyl (C=O) groups is 1.